The number of carbonyl (C=O) groups is 2. The summed E-state index contributed by atoms with van der Waals surface area (Å²) in [6, 6.07) is 0. The van der Waals surface area contributed by atoms with Gasteiger partial charge >= 0.3 is 0 Å². The fourth-order valence-electron chi connectivity index (χ4n) is 0.523. The number of allylic oxidation sites excluding steroid dienone is 6. The highest BCUT2D eigenvalue weighted by molar-refractivity contribution is 5.98. The van der Waals surface area contributed by atoms with Crippen LogP contribution < -0.4 is 0 Å². The van der Waals surface area contributed by atoms with E-state index >= 15 is 0 Å². The molecule has 0 bridgehead atoms. The number of aldehydes is 2. The summed E-state index contributed by atoms with van der Waals surface area (Å²) in [7, 11) is 0. The van der Waals surface area contributed by atoms with Gasteiger partial charge in [0.2, 0.25) is 0 Å². The third-order valence-corrected chi connectivity index (χ3v) is 1.49. The predicted octanol–water partition coefficient (Wildman–Crippen LogP) is 3.89. The molecule has 0 aromatic heterocycles. The van der Waals surface area contributed by atoms with Crippen LogP contribution in [0.15, 0.2) is 35.5 Å². The van der Waals surface area contributed by atoms with E-state index < -0.39 is 0 Å². The normalized spacial score (nSPS) is 9.25. The van der Waals surface area contributed by atoms with Gasteiger partial charge in [-0.1, -0.05) is 43.7 Å². The van der Waals surface area contributed by atoms with Crippen LogP contribution >= 0.6 is 0 Å². The van der Waals surface area contributed by atoms with Crippen LogP contribution in [-0.2, 0) is 9.59 Å². The highest BCUT2D eigenvalue weighted by atomic mass is 16.1. The zero-order chi connectivity index (χ0) is 13.4. The molecule has 2 nitrogen and oxygen atoms in total. The average Bonchev–Trinajstić information content (AvgIpc) is 2.35. The van der Waals surface area contributed by atoms with Gasteiger partial charge in [-0.15, -0.1) is 0 Å². The number of hydrogen-bond donors (Lipinski definition) is 0. The Morgan fingerprint density at radius 1 is 0.875 bits per heavy atom. The molecule has 0 amide bonds. The Balaban J connectivity index is -0.000000183. The van der Waals surface area contributed by atoms with Crippen LogP contribution in [0.1, 0.15) is 41.5 Å². The largest absolute Gasteiger partial charge is 0.298 e. The molecular weight excluding hydrogens is 200 g/mol. The average molecular weight is 224 g/mol. The lowest BCUT2D eigenvalue weighted by Gasteiger charge is -1.81. The molecular formula is C14H24O2. The van der Waals surface area contributed by atoms with Crippen molar-refractivity contribution in [3.63, 3.8) is 0 Å². The second-order valence-electron chi connectivity index (χ2n) is 2.56. The van der Waals surface area contributed by atoms with E-state index in [1.807, 2.05) is 33.8 Å². The fourth-order valence-corrected chi connectivity index (χ4v) is 0.523. The van der Waals surface area contributed by atoms with Crippen LogP contribution in [0, 0.1) is 0 Å². The quantitative estimate of drug-likeness (QED) is 0.240. The number of hydrogen-bond acceptors (Lipinski definition) is 2. The second-order valence-corrected chi connectivity index (χ2v) is 2.56. The number of carbonyl (C=O) groups excluding carboxylic acids is 2. The van der Waals surface area contributed by atoms with Crippen molar-refractivity contribution in [2.45, 2.75) is 41.5 Å². The van der Waals surface area contributed by atoms with Crippen molar-refractivity contribution in [3.8, 4) is 0 Å². The van der Waals surface area contributed by atoms with Crippen molar-refractivity contribution in [3.05, 3.63) is 35.5 Å². The first kappa shape index (κ1) is 20.0. The van der Waals surface area contributed by atoms with Crippen LogP contribution in [0.2, 0.25) is 0 Å². The van der Waals surface area contributed by atoms with Crippen LogP contribution in [0.5, 0.6) is 0 Å². The molecule has 0 aliphatic carbocycles. The summed E-state index contributed by atoms with van der Waals surface area (Å²) in [6.07, 6.45) is 8.70. The Kier molecular flexibility index (Phi) is 24.0. The van der Waals surface area contributed by atoms with Crippen molar-refractivity contribution in [2.24, 2.45) is 0 Å². The first-order chi connectivity index (χ1) is 7.65. The van der Waals surface area contributed by atoms with Crippen LogP contribution in [0.3, 0.4) is 0 Å². The van der Waals surface area contributed by atoms with E-state index in [0.717, 1.165) is 0 Å². The number of rotatable bonds is 3. The summed E-state index contributed by atoms with van der Waals surface area (Å²) in [5.74, 6) is 0. The van der Waals surface area contributed by atoms with Gasteiger partial charge in [0.1, 0.15) is 0 Å². The maximum atomic E-state index is 9.67. The van der Waals surface area contributed by atoms with Crippen molar-refractivity contribution in [1.82, 2.24) is 0 Å². The smallest absolute Gasteiger partial charge is 0.152 e. The third kappa shape index (κ3) is 18.4. The SMILES string of the molecule is C/C=C/C(C)=C/C.CC.CC=C(C=O)C=O. The monoisotopic (exact) mass is 224 g/mol. The summed E-state index contributed by atoms with van der Waals surface area (Å²) in [4.78, 5) is 19.3. The molecule has 0 aromatic rings. The van der Waals surface area contributed by atoms with Crippen LogP contribution in [0.25, 0.3) is 0 Å². The van der Waals surface area contributed by atoms with Gasteiger partial charge in [0, 0.05) is 5.57 Å². The highest BCUT2D eigenvalue weighted by Crippen LogP contribution is 1.91. The van der Waals surface area contributed by atoms with E-state index in [-0.39, 0.29) is 5.57 Å². The maximum absolute atomic E-state index is 9.67. The van der Waals surface area contributed by atoms with E-state index in [1.54, 1.807) is 6.92 Å². The molecule has 0 atom stereocenters. The molecule has 0 aliphatic heterocycles. The van der Waals surface area contributed by atoms with Gasteiger partial charge in [0.05, 0.1) is 0 Å². The van der Waals surface area contributed by atoms with E-state index in [4.69, 9.17) is 0 Å². The van der Waals surface area contributed by atoms with Gasteiger partial charge in [0.25, 0.3) is 0 Å². The molecule has 0 fully saturated rings. The van der Waals surface area contributed by atoms with Crippen molar-refractivity contribution in [1.29, 1.82) is 0 Å². The minimum atomic E-state index is 0.194. The molecule has 0 heterocycles. The Labute approximate surface area is 99.7 Å². The van der Waals surface area contributed by atoms with Gasteiger partial charge < -0.3 is 0 Å². The Morgan fingerprint density at radius 3 is 1.38 bits per heavy atom. The molecule has 2 heteroatoms. The first-order valence-corrected chi connectivity index (χ1v) is 5.48. The molecule has 0 unspecified atom stereocenters. The Hall–Kier alpha value is -1.44. The van der Waals surface area contributed by atoms with E-state index in [0.29, 0.717) is 12.6 Å². The Morgan fingerprint density at radius 2 is 1.31 bits per heavy atom. The lowest BCUT2D eigenvalue weighted by Crippen LogP contribution is -1.81. The van der Waals surface area contributed by atoms with Crippen molar-refractivity contribution < 1.29 is 9.59 Å². The van der Waals surface area contributed by atoms with Crippen LogP contribution in [-0.4, -0.2) is 12.6 Å². The van der Waals surface area contributed by atoms with E-state index in [2.05, 4.69) is 19.1 Å². The second kappa shape index (κ2) is 19.2. The lowest BCUT2D eigenvalue weighted by atomic mass is 10.3. The molecule has 16 heavy (non-hydrogen) atoms. The molecule has 0 rings (SSSR count). The van der Waals surface area contributed by atoms with Gasteiger partial charge in [-0.3, -0.25) is 9.59 Å². The van der Waals surface area contributed by atoms with E-state index in [9.17, 15) is 9.59 Å². The molecule has 0 radical (unpaired) electrons. The Bertz CT molecular complexity index is 235. The fraction of sp³-hybridized carbons (Fsp3) is 0.429. The summed E-state index contributed by atoms with van der Waals surface area (Å²) in [5.41, 5.74) is 1.52. The molecule has 0 aromatic carbocycles. The van der Waals surface area contributed by atoms with Gasteiger partial charge in [-0.2, -0.15) is 0 Å². The standard InChI is InChI=1S/C7H12.C5H6O2.C2H6/c1-4-6-7(3)5-2;1-2-5(3-6)4-7;1-2/h4-6H,1-3H3;2-4H,1H3;1-2H3/b6-4+,7-5+;;. The molecule has 0 saturated heterocycles. The molecule has 0 saturated carbocycles. The highest BCUT2D eigenvalue weighted by Gasteiger charge is 1.82. The minimum absolute atomic E-state index is 0.194. The zero-order valence-corrected chi connectivity index (χ0v) is 11.3. The molecule has 0 N–H and O–H groups in total. The predicted molar refractivity (Wildman–Crippen MR) is 71.5 cm³/mol. The summed E-state index contributed by atoms with van der Waals surface area (Å²) in [6.45, 7) is 11.8. The summed E-state index contributed by atoms with van der Waals surface area (Å²) in [5, 5.41) is 0. The third-order valence-electron chi connectivity index (χ3n) is 1.49. The zero-order valence-electron chi connectivity index (χ0n) is 11.3. The molecule has 0 spiro atoms. The van der Waals surface area contributed by atoms with Crippen molar-refractivity contribution >= 4 is 12.6 Å². The van der Waals surface area contributed by atoms with Gasteiger partial charge in [0.15, 0.2) is 12.6 Å². The minimum Gasteiger partial charge on any atom is -0.298 e. The van der Waals surface area contributed by atoms with Gasteiger partial charge in [-0.25, -0.2) is 0 Å². The van der Waals surface area contributed by atoms with Crippen LogP contribution in [0.4, 0.5) is 0 Å². The summed E-state index contributed by atoms with van der Waals surface area (Å²) >= 11 is 0. The molecule has 92 valence electrons. The lowest BCUT2D eigenvalue weighted by molar-refractivity contribution is -0.109. The first-order valence-electron chi connectivity index (χ1n) is 5.48. The van der Waals surface area contributed by atoms with Crippen molar-refractivity contribution in [2.75, 3.05) is 0 Å². The topological polar surface area (TPSA) is 34.1 Å². The van der Waals surface area contributed by atoms with E-state index in [1.165, 1.54) is 11.6 Å². The maximum Gasteiger partial charge on any atom is 0.152 e. The summed E-state index contributed by atoms with van der Waals surface area (Å²) < 4.78 is 0. The van der Waals surface area contributed by atoms with Gasteiger partial charge in [-0.05, 0) is 27.7 Å². The molecule has 0 aliphatic rings.